The van der Waals surface area contributed by atoms with E-state index in [0.29, 0.717) is 22.0 Å². The normalized spacial score (nSPS) is 13.5. The van der Waals surface area contributed by atoms with Crippen molar-refractivity contribution in [1.29, 1.82) is 0 Å². The second-order valence-electron chi connectivity index (χ2n) is 6.64. The average Bonchev–Trinajstić information content (AvgIpc) is 2.63. The monoisotopic (exact) mass is 424 g/mol. The van der Waals surface area contributed by atoms with E-state index in [9.17, 15) is 13.2 Å². The van der Waals surface area contributed by atoms with Gasteiger partial charge in [-0.25, -0.2) is 8.42 Å². The largest absolute Gasteiger partial charge is 0.496 e. The molecule has 0 aliphatic carbocycles. The van der Waals surface area contributed by atoms with Crippen LogP contribution in [0.2, 0.25) is 5.02 Å². The highest BCUT2D eigenvalue weighted by atomic mass is 35.5. The van der Waals surface area contributed by atoms with Crippen LogP contribution in [0.15, 0.2) is 42.5 Å². The van der Waals surface area contributed by atoms with Crippen molar-refractivity contribution in [1.82, 2.24) is 5.32 Å². The molecule has 0 aromatic heterocycles. The van der Waals surface area contributed by atoms with Gasteiger partial charge in [-0.3, -0.25) is 9.10 Å². The smallest absolute Gasteiger partial charge is 0.244 e. The molecule has 0 aliphatic heterocycles. The Morgan fingerprint density at radius 1 is 1.18 bits per heavy atom. The van der Waals surface area contributed by atoms with E-state index in [2.05, 4.69) is 5.32 Å². The minimum Gasteiger partial charge on any atom is -0.496 e. The molecule has 2 aromatic rings. The number of rotatable bonds is 7. The number of hydrogen-bond donors (Lipinski definition) is 1. The molecular formula is C20H25ClN2O4S. The predicted molar refractivity (Wildman–Crippen MR) is 113 cm³/mol. The molecule has 1 N–H and O–H groups in total. The molecule has 0 heterocycles. The van der Waals surface area contributed by atoms with E-state index in [1.807, 2.05) is 25.1 Å². The molecule has 2 atom stereocenters. The van der Waals surface area contributed by atoms with Gasteiger partial charge >= 0.3 is 0 Å². The summed E-state index contributed by atoms with van der Waals surface area (Å²) < 4.78 is 31.4. The second kappa shape index (κ2) is 8.84. The Hall–Kier alpha value is -2.25. The predicted octanol–water partition coefficient (Wildman–Crippen LogP) is 3.69. The fourth-order valence-corrected chi connectivity index (χ4v) is 4.43. The molecule has 0 unspecified atom stereocenters. The van der Waals surface area contributed by atoms with Crippen molar-refractivity contribution in [2.24, 2.45) is 0 Å². The summed E-state index contributed by atoms with van der Waals surface area (Å²) >= 11 is 6.06. The average molecular weight is 425 g/mol. The van der Waals surface area contributed by atoms with Crippen LogP contribution in [-0.2, 0) is 14.8 Å². The van der Waals surface area contributed by atoms with Crippen LogP contribution in [0.5, 0.6) is 5.75 Å². The van der Waals surface area contributed by atoms with Crippen LogP contribution in [0.25, 0.3) is 0 Å². The zero-order valence-corrected chi connectivity index (χ0v) is 18.1. The first-order valence-corrected chi connectivity index (χ1v) is 11.0. The molecule has 0 saturated heterocycles. The molecule has 0 spiro atoms. The summed E-state index contributed by atoms with van der Waals surface area (Å²) in [5, 5.41) is 3.26. The summed E-state index contributed by atoms with van der Waals surface area (Å²) in [5.74, 6) is 0.219. The summed E-state index contributed by atoms with van der Waals surface area (Å²) in [6.07, 6.45) is 1.07. The van der Waals surface area contributed by atoms with Crippen LogP contribution in [-0.4, -0.2) is 33.7 Å². The van der Waals surface area contributed by atoms with E-state index in [1.165, 1.54) is 0 Å². The number of para-hydroxylation sites is 1. The SMILES string of the molecule is COc1ccccc1[C@H](C)NC(=O)[C@H](C)N(c1cc(Cl)ccc1C)S(C)(=O)=O. The number of nitrogens with one attached hydrogen (secondary N) is 1. The highest BCUT2D eigenvalue weighted by molar-refractivity contribution is 7.92. The first kappa shape index (κ1) is 22.0. The van der Waals surface area contributed by atoms with Gasteiger partial charge in [-0.1, -0.05) is 35.9 Å². The number of hydrogen-bond acceptors (Lipinski definition) is 4. The molecule has 6 nitrogen and oxygen atoms in total. The van der Waals surface area contributed by atoms with Crippen LogP contribution in [0.3, 0.4) is 0 Å². The summed E-state index contributed by atoms with van der Waals surface area (Å²) in [4.78, 5) is 12.9. The summed E-state index contributed by atoms with van der Waals surface area (Å²) in [5.41, 5.74) is 1.88. The van der Waals surface area contributed by atoms with E-state index < -0.39 is 22.0 Å². The number of aryl methyl sites for hydroxylation is 1. The second-order valence-corrected chi connectivity index (χ2v) is 8.93. The maximum absolute atomic E-state index is 12.9. The van der Waals surface area contributed by atoms with Crippen molar-refractivity contribution in [3.8, 4) is 5.75 Å². The number of amides is 1. The molecule has 2 aromatic carbocycles. The molecule has 0 aliphatic rings. The molecule has 8 heteroatoms. The zero-order valence-electron chi connectivity index (χ0n) is 16.6. The Kier molecular flexibility index (Phi) is 6.96. The van der Waals surface area contributed by atoms with Crippen molar-refractivity contribution < 1.29 is 17.9 Å². The number of nitrogens with zero attached hydrogens (tertiary/aromatic N) is 1. The minimum absolute atomic E-state index is 0.368. The fourth-order valence-electron chi connectivity index (χ4n) is 3.04. The zero-order chi connectivity index (χ0) is 21.1. The lowest BCUT2D eigenvalue weighted by molar-refractivity contribution is -0.122. The van der Waals surface area contributed by atoms with Crippen LogP contribution in [0.1, 0.15) is 31.0 Å². The van der Waals surface area contributed by atoms with E-state index in [-0.39, 0.29) is 6.04 Å². The Balaban J connectivity index is 2.33. The number of benzene rings is 2. The van der Waals surface area contributed by atoms with Crippen LogP contribution < -0.4 is 14.4 Å². The third-order valence-electron chi connectivity index (χ3n) is 4.46. The van der Waals surface area contributed by atoms with Gasteiger partial charge in [0.2, 0.25) is 15.9 Å². The number of halogens is 1. The van der Waals surface area contributed by atoms with Crippen molar-refractivity contribution >= 4 is 33.2 Å². The van der Waals surface area contributed by atoms with Gasteiger partial charge in [0.15, 0.2) is 0 Å². The lowest BCUT2D eigenvalue weighted by atomic mass is 10.1. The van der Waals surface area contributed by atoms with Crippen molar-refractivity contribution in [2.75, 3.05) is 17.7 Å². The summed E-state index contributed by atoms with van der Waals surface area (Å²) in [6.45, 7) is 5.13. The first-order chi connectivity index (χ1) is 13.1. The van der Waals surface area contributed by atoms with Gasteiger partial charge in [-0.15, -0.1) is 0 Å². The molecule has 0 fully saturated rings. The Morgan fingerprint density at radius 3 is 2.43 bits per heavy atom. The van der Waals surface area contributed by atoms with Crippen molar-refractivity contribution in [3.63, 3.8) is 0 Å². The third kappa shape index (κ3) is 4.97. The Morgan fingerprint density at radius 2 is 1.82 bits per heavy atom. The quantitative estimate of drug-likeness (QED) is 0.735. The van der Waals surface area contributed by atoms with Gasteiger partial charge < -0.3 is 10.1 Å². The number of sulfonamides is 1. The van der Waals surface area contributed by atoms with Gasteiger partial charge in [-0.2, -0.15) is 0 Å². The molecule has 2 rings (SSSR count). The fraction of sp³-hybridized carbons (Fsp3) is 0.350. The number of methoxy groups -OCH3 is 1. The van der Waals surface area contributed by atoms with Gasteiger partial charge in [0.1, 0.15) is 11.8 Å². The molecule has 1 amide bonds. The van der Waals surface area contributed by atoms with E-state index in [4.69, 9.17) is 16.3 Å². The van der Waals surface area contributed by atoms with E-state index in [1.54, 1.807) is 45.2 Å². The van der Waals surface area contributed by atoms with Crippen molar-refractivity contribution in [3.05, 3.63) is 58.6 Å². The summed E-state index contributed by atoms with van der Waals surface area (Å²) in [7, 11) is -2.17. The lowest BCUT2D eigenvalue weighted by Crippen LogP contribution is -2.48. The third-order valence-corrected chi connectivity index (χ3v) is 5.92. The number of carbonyl (C=O) groups is 1. The highest BCUT2D eigenvalue weighted by Crippen LogP contribution is 2.29. The Labute approximate surface area is 171 Å². The van der Waals surface area contributed by atoms with Crippen LogP contribution >= 0.6 is 11.6 Å². The number of ether oxygens (including phenoxy) is 1. The molecule has 0 radical (unpaired) electrons. The highest BCUT2D eigenvalue weighted by Gasteiger charge is 2.31. The van der Waals surface area contributed by atoms with Crippen LogP contribution in [0, 0.1) is 6.92 Å². The van der Waals surface area contributed by atoms with Gasteiger partial charge in [-0.05, 0) is 44.5 Å². The first-order valence-electron chi connectivity index (χ1n) is 8.75. The van der Waals surface area contributed by atoms with Crippen LogP contribution in [0.4, 0.5) is 5.69 Å². The van der Waals surface area contributed by atoms with E-state index >= 15 is 0 Å². The van der Waals surface area contributed by atoms with E-state index in [0.717, 1.165) is 16.1 Å². The standard InChI is InChI=1S/C20H25ClN2O4S/c1-13-10-11-16(21)12-18(13)23(28(5,25)26)15(3)20(24)22-14(2)17-8-6-7-9-19(17)27-4/h6-12,14-15H,1-5H3,(H,22,24)/t14-,15-/m0/s1. The number of anilines is 1. The molecule has 0 bridgehead atoms. The molecule has 0 saturated carbocycles. The molecular weight excluding hydrogens is 400 g/mol. The number of carbonyl (C=O) groups excluding carboxylic acids is 1. The van der Waals surface area contributed by atoms with Crippen molar-refractivity contribution in [2.45, 2.75) is 32.9 Å². The minimum atomic E-state index is -3.73. The van der Waals surface area contributed by atoms with Gasteiger partial charge in [0.05, 0.1) is 25.1 Å². The maximum Gasteiger partial charge on any atom is 0.244 e. The molecule has 28 heavy (non-hydrogen) atoms. The maximum atomic E-state index is 12.9. The summed E-state index contributed by atoms with van der Waals surface area (Å²) in [6, 6.07) is 11.0. The van der Waals surface area contributed by atoms with Gasteiger partial charge in [0.25, 0.3) is 0 Å². The molecule has 152 valence electrons. The topological polar surface area (TPSA) is 75.7 Å². The lowest BCUT2D eigenvalue weighted by Gasteiger charge is -2.30. The van der Waals surface area contributed by atoms with Gasteiger partial charge in [0, 0.05) is 10.6 Å². The Bertz CT molecular complexity index is 962.